The highest BCUT2D eigenvalue weighted by Crippen LogP contribution is 2.34. The first-order chi connectivity index (χ1) is 11.9. The number of hydrogen-bond donors (Lipinski definition) is 0. The van der Waals surface area contributed by atoms with Gasteiger partial charge in [0.1, 0.15) is 0 Å². The molecule has 1 fully saturated rings. The van der Waals surface area contributed by atoms with Crippen LogP contribution in [-0.4, -0.2) is 13.1 Å². The van der Waals surface area contributed by atoms with Gasteiger partial charge >= 0.3 is 0 Å². The van der Waals surface area contributed by atoms with E-state index in [9.17, 15) is 0 Å². The van der Waals surface area contributed by atoms with Gasteiger partial charge in [0.2, 0.25) is 6.67 Å². The van der Waals surface area contributed by atoms with Crippen LogP contribution < -0.4 is 9.80 Å². The van der Waals surface area contributed by atoms with Crippen LogP contribution in [0.25, 0.3) is 0 Å². The summed E-state index contributed by atoms with van der Waals surface area (Å²) in [7, 11) is 0. The van der Waals surface area contributed by atoms with Crippen LogP contribution in [0.2, 0.25) is 0 Å². The predicted octanol–water partition coefficient (Wildman–Crippen LogP) is 4.21. The zero-order valence-corrected chi connectivity index (χ0v) is 15.3. The van der Waals surface area contributed by atoms with Gasteiger partial charge in [-0.3, -0.25) is 0 Å². The number of hydrogen-bond acceptors (Lipinski definition) is 2. The Morgan fingerprint density at radius 2 is 1.04 bits per heavy atom. The second-order valence-corrected chi connectivity index (χ2v) is 6.61. The molecule has 1 aliphatic heterocycles. The summed E-state index contributed by atoms with van der Waals surface area (Å²) in [5.41, 5.74) is 8.94. The van der Waals surface area contributed by atoms with E-state index in [0.29, 0.717) is 0 Å². The molecule has 2 aromatic carbocycles. The van der Waals surface area contributed by atoms with Gasteiger partial charge in [-0.05, 0) is 74.2 Å². The molecule has 0 atom stereocenters. The van der Waals surface area contributed by atoms with Gasteiger partial charge in [-0.2, -0.15) is 0 Å². The van der Waals surface area contributed by atoms with Crippen LogP contribution in [0, 0.1) is 59.1 Å². The lowest BCUT2D eigenvalue weighted by Crippen LogP contribution is -2.21. The molecule has 2 nitrogen and oxygen atoms in total. The van der Waals surface area contributed by atoms with Crippen molar-refractivity contribution >= 4 is 11.4 Å². The third-order valence-electron chi connectivity index (χ3n) is 4.64. The van der Waals surface area contributed by atoms with Crippen LogP contribution in [-0.2, 0) is 0 Å². The molecule has 0 spiro atoms. The molecule has 25 heavy (non-hydrogen) atoms. The van der Waals surface area contributed by atoms with Gasteiger partial charge in [-0.25, -0.2) is 0 Å². The van der Waals surface area contributed by atoms with Gasteiger partial charge in [0, 0.05) is 35.6 Å². The molecular formula is C23H22N2. The molecule has 0 bridgehead atoms. The average molecular weight is 326 g/mol. The van der Waals surface area contributed by atoms with E-state index in [-0.39, 0.29) is 0 Å². The first kappa shape index (κ1) is 17.0. The van der Waals surface area contributed by atoms with Gasteiger partial charge < -0.3 is 9.80 Å². The lowest BCUT2D eigenvalue weighted by Gasteiger charge is -2.24. The molecule has 0 saturated carbocycles. The number of benzene rings is 2. The first-order valence-electron chi connectivity index (χ1n) is 8.41. The largest absolute Gasteiger partial charge is 0.339 e. The number of anilines is 2. The highest BCUT2D eigenvalue weighted by molar-refractivity contribution is 5.69. The Bertz CT molecular complexity index is 787. The van der Waals surface area contributed by atoms with Crippen LogP contribution in [0.3, 0.4) is 0 Å². The second-order valence-electron chi connectivity index (χ2n) is 6.61. The number of aryl methyl sites for hydroxylation is 4. The molecule has 0 unspecified atom stereocenters. The Kier molecular flexibility index (Phi) is 4.47. The summed E-state index contributed by atoms with van der Waals surface area (Å²) < 4.78 is 0. The fourth-order valence-corrected chi connectivity index (χ4v) is 3.70. The summed E-state index contributed by atoms with van der Waals surface area (Å²) in [6.07, 6.45) is 11.1. The lowest BCUT2D eigenvalue weighted by molar-refractivity contribution is 1.01. The molecule has 0 N–H and O–H groups in total. The normalized spacial score (nSPS) is 13.7. The quantitative estimate of drug-likeness (QED) is 0.763. The number of rotatable bonds is 2. The molecule has 1 heterocycles. The Balaban J connectivity index is 1.91. The highest BCUT2D eigenvalue weighted by atomic mass is 15.4. The van der Waals surface area contributed by atoms with Crippen molar-refractivity contribution in [1.29, 1.82) is 0 Å². The van der Waals surface area contributed by atoms with Crippen LogP contribution in [0.1, 0.15) is 33.4 Å². The van der Waals surface area contributed by atoms with E-state index >= 15 is 0 Å². The average Bonchev–Trinajstić information content (AvgIpc) is 3.02. The maximum absolute atomic E-state index is 5.54. The van der Waals surface area contributed by atoms with Crippen LogP contribution >= 0.6 is 0 Å². The standard InChI is InChI=1S/C23H22N2/c1-7-20-11-16(3)22(17(4)12-20)24-9-10-25(15-24)23-18(5)13-21(8-2)14-19(23)6/h1-2,11-14H,9-10H2,3-6H3. The number of terminal acetylenes is 2. The van der Waals surface area contributed by atoms with E-state index in [1.54, 1.807) is 0 Å². The topological polar surface area (TPSA) is 6.48 Å². The summed E-state index contributed by atoms with van der Waals surface area (Å²) >= 11 is 0. The molecule has 2 heteroatoms. The molecule has 0 amide bonds. The van der Waals surface area contributed by atoms with Gasteiger partial charge in [0.05, 0.1) is 0 Å². The third-order valence-corrected chi connectivity index (χ3v) is 4.64. The predicted molar refractivity (Wildman–Crippen MR) is 106 cm³/mol. The molecule has 0 aliphatic carbocycles. The fraction of sp³-hybridized carbons (Fsp3) is 0.261. The second kappa shape index (κ2) is 6.58. The van der Waals surface area contributed by atoms with E-state index in [4.69, 9.17) is 12.8 Å². The van der Waals surface area contributed by atoms with Crippen LogP contribution in [0.4, 0.5) is 11.4 Å². The molecule has 2 radical (unpaired) electrons. The van der Waals surface area contributed by atoms with Crippen molar-refractivity contribution in [2.24, 2.45) is 0 Å². The summed E-state index contributed by atoms with van der Waals surface area (Å²) in [5, 5.41) is 0. The molecule has 1 aliphatic rings. The Morgan fingerprint density at radius 3 is 1.32 bits per heavy atom. The van der Waals surface area contributed by atoms with Crippen molar-refractivity contribution in [1.82, 2.24) is 0 Å². The van der Waals surface area contributed by atoms with Gasteiger partial charge in [0.15, 0.2) is 0 Å². The lowest BCUT2D eigenvalue weighted by atomic mass is 10.0. The zero-order valence-electron chi connectivity index (χ0n) is 15.3. The summed E-state index contributed by atoms with van der Waals surface area (Å²) in [5.74, 6) is 5.44. The third kappa shape index (κ3) is 3.09. The van der Waals surface area contributed by atoms with E-state index < -0.39 is 0 Å². The van der Waals surface area contributed by atoms with E-state index in [1.807, 2.05) is 0 Å². The van der Waals surface area contributed by atoms with Gasteiger partial charge in [-0.1, -0.05) is 11.8 Å². The monoisotopic (exact) mass is 326 g/mol. The smallest absolute Gasteiger partial charge is 0.208 e. The molecule has 124 valence electrons. The van der Waals surface area contributed by atoms with E-state index in [0.717, 1.165) is 24.2 Å². The Labute approximate surface area is 151 Å². The Hall–Kier alpha value is -2.84. The summed E-state index contributed by atoms with van der Waals surface area (Å²) in [4.78, 5) is 4.39. The van der Waals surface area contributed by atoms with Crippen molar-refractivity contribution in [2.75, 3.05) is 22.9 Å². The number of nitrogens with zero attached hydrogens (tertiary/aromatic N) is 2. The maximum Gasteiger partial charge on any atom is 0.208 e. The van der Waals surface area contributed by atoms with Gasteiger partial charge in [-0.15, -0.1) is 12.8 Å². The van der Waals surface area contributed by atoms with Crippen molar-refractivity contribution in [3.8, 4) is 24.7 Å². The maximum atomic E-state index is 5.54. The van der Waals surface area contributed by atoms with Crippen molar-refractivity contribution < 1.29 is 0 Å². The molecule has 2 aromatic rings. The highest BCUT2D eigenvalue weighted by Gasteiger charge is 2.27. The first-order valence-corrected chi connectivity index (χ1v) is 8.41. The fourth-order valence-electron chi connectivity index (χ4n) is 3.70. The molecule has 3 rings (SSSR count). The minimum absolute atomic E-state index is 0.896. The SMILES string of the molecule is C#Cc1cc(C)c(N2[C]N(c3c(C)cc(C#C)cc3C)CC2)c(C)c1. The van der Waals surface area contributed by atoms with Gasteiger partial charge in [0.25, 0.3) is 0 Å². The van der Waals surface area contributed by atoms with Crippen molar-refractivity contribution in [2.45, 2.75) is 27.7 Å². The van der Waals surface area contributed by atoms with E-state index in [1.165, 1.54) is 33.6 Å². The Morgan fingerprint density at radius 1 is 0.720 bits per heavy atom. The minimum Gasteiger partial charge on any atom is -0.339 e. The molecule has 0 aromatic heterocycles. The zero-order chi connectivity index (χ0) is 18.1. The minimum atomic E-state index is 0.896. The van der Waals surface area contributed by atoms with Crippen LogP contribution in [0.15, 0.2) is 24.3 Å². The van der Waals surface area contributed by atoms with Crippen LogP contribution in [0.5, 0.6) is 0 Å². The molecule has 1 saturated heterocycles. The van der Waals surface area contributed by atoms with E-state index in [2.05, 4.69) is 80.3 Å². The summed E-state index contributed by atoms with van der Waals surface area (Å²) in [6.45, 7) is 13.7. The summed E-state index contributed by atoms with van der Waals surface area (Å²) in [6, 6.07) is 8.24. The molecular weight excluding hydrogens is 304 g/mol. The van der Waals surface area contributed by atoms with Crippen molar-refractivity contribution in [3.05, 3.63) is 64.3 Å². The van der Waals surface area contributed by atoms with Crippen molar-refractivity contribution in [3.63, 3.8) is 0 Å².